The predicted molar refractivity (Wildman–Crippen MR) is 85.5 cm³/mol. The van der Waals surface area contributed by atoms with E-state index in [0.717, 1.165) is 25.2 Å². The maximum Gasteiger partial charge on any atom is 0.242 e. The van der Waals surface area contributed by atoms with Gasteiger partial charge in [-0.15, -0.1) is 0 Å². The summed E-state index contributed by atoms with van der Waals surface area (Å²) in [5.74, 6) is 5.74. The summed E-state index contributed by atoms with van der Waals surface area (Å²) in [7, 11) is 0. The minimum Gasteiger partial charge on any atom is -0.302 e. The molecular weight excluding hydrogens is 262 g/mol. The number of hydrogen-bond donors (Lipinski definition) is 2. The Kier molecular flexibility index (Phi) is 5.01. The molecule has 1 aromatic rings. The number of hydrogen-bond acceptors (Lipinski definition) is 3. The van der Waals surface area contributed by atoms with Gasteiger partial charge in [-0.2, -0.15) is 0 Å². The van der Waals surface area contributed by atoms with Gasteiger partial charge in [-0.05, 0) is 29.9 Å². The van der Waals surface area contributed by atoms with Crippen molar-refractivity contribution in [2.24, 2.45) is 17.2 Å². The second kappa shape index (κ2) is 6.58. The number of carbonyl (C=O) groups excluding carboxylic acids is 1. The van der Waals surface area contributed by atoms with Crippen molar-refractivity contribution in [2.45, 2.75) is 33.1 Å². The molecule has 21 heavy (non-hydrogen) atoms. The van der Waals surface area contributed by atoms with Gasteiger partial charge < -0.3 is 4.90 Å². The Morgan fingerprint density at radius 1 is 1.38 bits per heavy atom. The van der Waals surface area contributed by atoms with Crippen molar-refractivity contribution in [2.75, 3.05) is 19.6 Å². The molecule has 0 aromatic heterocycles. The van der Waals surface area contributed by atoms with Crippen LogP contribution < -0.4 is 11.3 Å². The molecule has 0 saturated carbocycles. The number of nitrogens with one attached hydrogen (secondary N) is 1. The van der Waals surface area contributed by atoms with E-state index in [9.17, 15) is 4.79 Å². The lowest BCUT2D eigenvalue weighted by atomic mass is 9.80. The number of amides is 1. The number of carbonyl (C=O) groups is 1. The highest BCUT2D eigenvalue weighted by atomic mass is 16.2. The van der Waals surface area contributed by atoms with E-state index in [0.29, 0.717) is 11.3 Å². The normalized spacial score (nSPS) is 21.2. The average molecular weight is 289 g/mol. The zero-order valence-corrected chi connectivity index (χ0v) is 13.3. The molecule has 0 aliphatic carbocycles. The average Bonchev–Trinajstić information content (AvgIpc) is 2.93. The van der Waals surface area contributed by atoms with E-state index in [2.05, 4.69) is 31.1 Å². The van der Waals surface area contributed by atoms with E-state index in [-0.39, 0.29) is 11.8 Å². The molecule has 3 N–H and O–H groups in total. The molecule has 4 nitrogen and oxygen atoms in total. The first-order valence-electron chi connectivity index (χ1n) is 7.69. The van der Waals surface area contributed by atoms with Crippen LogP contribution in [0.15, 0.2) is 30.3 Å². The SMILES string of the molecule is CC(C)(C)C1CCN(CC(C(=O)NN)c2ccccc2)C1. The van der Waals surface area contributed by atoms with Gasteiger partial charge >= 0.3 is 0 Å². The van der Waals surface area contributed by atoms with Gasteiger partial charge in [0.05, 0.1) is 5.92 Å². The Morgan fingerprint density at radius 2 is 2.05 bits per heavy atom. The van der Waals surface area contributed by atoms with Crippen molar-refractivity contribution in [3.8, 4) is 0 Å². The van der Waals surface area contributed by atoms with Crippen LogP contribution in [0.25, 0.3) is 0 Å². The third-order valence-corrected chi connectivity index (χ3v) is 4.60. The first kappa shape index (κ1) is 16.0. The number of hydrazine groups is 1. The number of likely N-dealkylation sites (tertiary alicyclic amines) is 1. The molecule has 1 aliphatic heterocycles. The van der Waals surface area contributed by atoms with Crippen LogP contribution in [0.3, 0.4) is 0 Å². The highest BCUT2D eigenvalue weighted by Gasteiger charge is 2.33. The zero-order valence-electron chi connectivity index (χ0n) is 13.3. The molecule has 1 amide bonds. The molecular formula is C17H27N3O. The van der Waals surface area contributed by atoms with Gasteiger partial charge in [0, 0.05) is 13.1 Å². The number of nitrogens with two attached hydrogens (primary N) is 1. The highest BCUT2D eigenvalue weighted by molar-refractivity contribution is 5.83. The van der Waals surface area contributed by atoms with Gasteiger partial charge in [0.15, 0.2) is 0 Å². The molecule has 4 heteroatoms. The maximum atomic E-state index is 12.1. The van der Waals surface area contributed by atoms with E-state index in [1.807, 2.05) is 30.3 Å². The largest absolute Gasteiger partial charge is 0.302 e. The Labute approximate surface area is 127 Å². The van der Waals surface area contributed by atoms with Gasteiger partial charge in [0.1, 0.15) is 0 Å². The van der Waals surface area contributed by atoms with E-state index in [1.54, 1.807) is 0 Å². The van der Waals surface area contributed by atoms with E-state index in [1.165, 1.54) is 6.42 Å². The number of nitrogens with zero attached hydrogens (tertiary/aromatic N) is 1. The lowest BCUT2D eigenvalue weighted by Crippen LogP contribution is -2.40. The molecule has 1 fully saturated rings. The molecule has 1 aliphatic rings. The third-order valence-electron chi connectivity index (χ3n) is 4.60. The fraction of sp³-hybridized carbons (Fsp3) is 0.588. The lowest BCUT2D eigenvalue weighted by Gasteiger charge is -2.28. The van der Waals surface area contributed by atoms with Crippen molar-refractivity contribution in [1.29, 1.82) is 0 Å². The summed E-state index contributed by atoms with van der Waals surface area (Å²) in [5.41, 5.74) is 3.67. The lowest BCUT2D eigenvalue weighted by molar-refractivity contribution is -0.123. The summed E-state index contributed by atoms with van der Waals surface area (Å²) < 4.78 is 0. The van der Waals surface area contributed by atoms with Crippen molar-refractivity contribution in [3.05, 3.63) is 35.9 Å². The first-order valence-corrected chi connectivity index (χ1v) is 7.69. The van der Waals surface area contributed by atoms with Crippen LogP contribution in [0.1, 0.15) is 38.7 Å². The fourth-order valence-corrected chi connectivity index (χ4v) is 3.09. The smallest absolute Gasteiger partial charge is 0.242 e. The molecule has 2 unspecified atom stereocenters. The standard InChI is InChI=1S/C17H27N3O/c1-17(2,3)14-9-10-20(11-14)12-15(16(21)19-18)13-7-5-4-6-8-13/h4-8,14-15H,9-12,18H2,1-3H3,(H,19,21). The Hall–Kier alpha value is -1.39. The first-order chi connectivity index (χ1) is 9.91. The van der Waals surface area contributed by atoms with Crippen LogP contribution in [0.5, 0.6) is 0 Å². The van der Waals surface area contributed by atoms with Gasteiger partial charge in [0.25, 0.3) is 0 Å². The zero-order chi connectivity index (χ0) is 15.5. The van der Waals surface area contributed by atoms with Gasteiger partial charge in [-0.25, -0.2) is 5.84 Å². The Morgan fingerprint density at radius 3 is 2.57 bits per heavy atom. The molecule has 1 saturated heterocycles. The van der Waals surface area contributed by atoms with Gasteiger partial charge in [-0.3, -0.25) is 10.2 Å². The maximum absolute atomic E-state index is 12.1. The van der Waals surface area contributed by atoms with Crippen molar-refractivity contribution < 1.29 is 4.79 Å². The van der Waals surface area contributed by atoms with Crippen LogP contribution in [0.2, 0.25) is 0 Å². The Balaban J connectivity index is 2.06. The molecule has 1 aromatic carbocycles. The van der Waals surface area contributed by atoms with Gasteiger partial charge in [-0.1, -0.05) is 51.1 Å². The van der Waals surface area contributed by atoms with Crippen LogP contribution in [-0.4, -0.2) is 30.4 Å². The van der Waals surface area contributed by atoms with Crippen molar-refractivity contribution >= 4 is 5.91 Å². The molecule has 2 rings (SSSR count). The van der Waals surface area contributed by atoms with Gasteiger partial charge in [0.2, 0.25) is 5.91 Å². The third kappa shape index (κ3) is 4.05. The molecule has 0 radical (unpaired) electrons. The minimum atomic E-state index is -0.199. The predicted octanol–water partition coefficient (Wildman–Crippen LogP) is 2.13. The van der Waals surface area contributed by atoms with E-state index < -0.39 is 0 Å². The topological polar surface area (TPSA) is 58.4 Å². The number of benzene rings is 1. The number of rotatable bonds is 4. The quantitative estimate of drug-likeness (QED) is 0.507. The molecule has 0 spiro atoms. The molecule has 116 valence electrons. The van der Waals surface area contributed by atoms with E-state index >= 15 is 0 Å². The monoisotopic (exact) mass is 289 g/mol. The summed E-state index contributed by atoms with van der Waals surface area (Å²) in [4.78, 5) is 14.5. The van der Waals surface area contributed by atoms with Crippen LogP contribution in [-0.2, 0) is 4.79 Å². The summed E-state index contributed by atoms with van der Waals surface area (Å²) in [6, 6.07) is 9.89. The van der Waals surface area contributed by atoms with Crippen LogP contribution in [0.4, 0.5) is 0 Å². The van der Waals surface area contributed by atoms with Crippen LogP contribution in [0, 0.1) is 11.3 Å². The van der Waals surface area contributed by atoms with Crippen molar-refractivity contribution in [1.82, 2.24) is 10.3 Å². The molecule has 0 bridgehead atoms. The second-order valence-electron chi connectivity index (χ2n) is 7.08. The Bertz CT molecular complexity index is 467. The highest BCUT2D eigenvalue weighted by Crippen LogP contribution is 2.34. The molecule has 2 atom stereocenters. The minimum absolute atomic E-state index is 0.111. The molecule has 1 heterocycles. The summed E-state index contributed by atoms with van der Waals surface area (Å²) in [6.07, 6.45) is 1.20. The summed E-state index contributed by atoms with van der Waals surface area (Å²) in [5, 5.41) is 0. The summed E-state index contributed by atoms with van der Waals surface area (Å²) >= 11 is 0. The fourth-order valence-electron chi connectivity index (χ4n) is 3.09. The van der Waals surface area contributed by atoms with Crippen LogP contribution >= 0.6 is 0 Å². The second-order valence-corrected chi connectivity index (χ2v) is 7.08. The summed E-state index contributed by atoms with van der Waals surface area (Å²) in [6.45, 7) is 9.74. The van der Waals surface area contributed by atoms with E-state index in [4.69, 9.17) is 5.84 Å². The van der Waals surface area contributed by atoms with Crippen molar-refractivity contribution in [3.63, 3.8) is 0 Å².